The maximum absolute atomic E-state index is 14.8. The molecule has 2 saturated heterocycles. The van der Waals surface area contributed by atoms with Crippen molar-refractivity contribution in [3.05, 3.63) is 59.7 Å². The number of fused-ring (bicyclic) bond motifs is 1. The van der Waals surface area contributed by atoms with E-state index in [9.17, 15) is 9.18 Å². The van der Waals surface area contributed by atoms with E-state index in [1.165, 1.54) is 6.07 Å². The molecule has 3 aromatic rings. The number of rotatable bonds is 4. The highest BCUT2D eigenvalue weighted by Crippen LogP contribution is 2.30. The Labute approximate surface area is 198 Å². The summed E-state index contributed by atoms with van der Waals surface area (Å²) in [6.07, 6.45) is 1.74. The zero-order chi connectivity index (χ0) is 23.7. The Morgan fingerprint density at radius 2 is 1.85 bits per heavy atom. The van der Waals surface area contributed by atoms with Gasteiger partial charge in [0.1, 0.15) is 11.3 Å². The van der Waals surface area contributed by atoms with Crippen molar-refractivity contribution in [1.82, 2.24) is 15.2 Å². The van der Waals surface area contributed by atoms with Gasteiger partial charge in [0.05, 0.1) is 17.9 Å². The summed E-state index contributed by atoms with van der Waals surface area (Å²) in [5.74, 6) is 0.691. The van der Waals surface area contributed by atoms with Crippen molar-refractivity contribution in [2.75, 3.05) is 31.1 Å². The molecule has 1 N–H and O–H groups in total. The molecule has 2 amide bonds. The van der Waals surface area contributed by atoms with Gasteiger partial charge in [-0.3, -0.25) is 0 Å². The molecule has 34 heavy (non-hydrogen) atoms. The van der Waals surface area contributed by atoms with Crippen LogP contribution in [-0.4, -0.2) is 54.3 Å². The number of ether oxygens (including phenoxy) is 1. The van der Waals surface area contributed by atoms with E-state index >= 15 is 0 Å². The fourth-order valence-corrected chi connectivity index (χ4v) is 4.98. The van der Waals surface area contributed by atoms with Crippen LogP contribution in [0, 0.1) is 5.82 Å². The maximum atomic E-state index is 14.8. The molecule has 2 fully saturated rings. The predicted octanol–water partition coefficient (Wildman–Crippen LogP) is 4.67. The molecule has 2 atom stereocenters. The Balaban J connectivity index is 1.13. The highest BCUT2D eigenvalue weighted by molar-refractivity contribution is 5.74. The minimum atomic E-state index is -0.271. The molecule has 0 saturated carbocycles. The number of para-hydroxylation sites is 2. The molecule has 1 aromatic heterocycles. The van der Waals surface area contributed by atoms with Gasteiger partial charge in [0.2, 0.25) is 0 Å². The zero-order valence-electron chi connectivity index (χ0n) is 19.7. The van der Waals surface area contributed by atoms with Gasteiger partial charge in [0, 0.05) is 38.6 Å². The van der Waals surface area contributed by atoms with Crippen molar-refractivity contribution in [2.45, 2.75) is 51.4 Å². The molecule has 2 aromatic carbocycles. The number of urea groups is 1. The Bertz CT molecular complexity index is 1110. The summed E-state index contributed by atoms with van der Waals surface area (Å²) in [4.78, 5) is 21.1. The third-order valence-corrected chi connectivity index (χ3v) is 6.66. The number of piperidine rings is 1. The minimum absolute atomic E-state index is 0.0638. The van der Waals surface area contributed by atoms with E-state index < -0.39 is 0 Å². The average Bonchev–Trinajstić information content (AvgIpc) is 3.26. The van der Waals surface area contributed by atoms with Crippen LogP contribution in [0.25, 0.3) is 11.1 Å². The summed E-state index contributed by atoms with van der Waals surface area (Å²) in [5, 5.41) is 2.93. The number of likely N-dealkylation sites (tertiary alicyclic amines) is 1. The summed E-state index contributed by atoms with van der Waals surface area (Å²) in [6.45, 7) is 6.89. The van der Waals surface area contributed by atoms with Crippen molar-refractivity contribution in [1.29, 1.82) is 0 Å². The Morgan fingerprint density at radius 1 is 1.12 bits per heavy atom. The zero-order valence-corrected chi connectivity index (χ0v) is 19.7. The topological polar surface area (TPSA) is 70.8 Å². The molecular weight excluding hydrogens is 435 g/mol. The Hall–Kier alpha value is -3.13. The number of aromatic nitrogens is 1. The smallest absolute Gasteiger partial charge is 0.317 e. The van der Waals surface area contributed by atoms with Gasteiger partial charge in [-0.2, -0.15) is 0 Å². The number of nitrogens with one attached hydrogen (secondary N) is 1. The molecule has 0 radical (unpaired) electrons. The first-order valence-electron chi connectivity index (χ1n) is 12.0. The molecule has 2 aliphatic rings. The molecule has 0 bridgehead atoms. The largest absolute Gasteiger partial charge is 0.440 e. The highest BCUT2D eigenvalue weighted by atomic mass is 19.1. The second-order valence-electron chi connectivity index (χ2n) is 9.39. The SMILES string of the molecule is CC1CN(c2ccc(CNC(=O)N3CCC(c4nc5ccccc5o4)CC3)cc2F)CC(C)O1. The van der Waals surface area contributed by atoms with Gasteiger partial charge >= 0.3 is 6.03 Å². The molecule has 7 nitrogen and oxygen atoms in total. The molecule has 0 spiro atoms. The van der Waals surface area contributed by atoms with E-state index in [2.05, 4.69) is 10.3 Å². The Kier molecular flexibility index (Phi) is 6.41. The molecule has 2 aliphatic heterocycles. The van der Waals surface area contributed by atoms with Gasteiger partial charge < -0.3 is 24.3 Å². The van der Waals surface area contributed by atoms with Crippen LogP contribution in [-0.2, 0) is 11.3 Å². The first-order chi connectivity index (χ1) is 16.5. The summed E-state index contributed by atoms with van der Waals surface area (Å²) in [6, 6.07) is 12.8. The maximum Gasteiger partial charge on any atom is 0.317 e. The van der Waals surface area contributed by atoms with E-state index in [1.807, 2.05) is 49.1 Å². The number of hydrogen-bond donors (Lipinski definition) is 1. The number of benzene rings is 2. The van der Waals surface area contributed by atoms with Crippen LogP contribution in [0.5, 0.6) is 0 Å². The van der Waals surface area contributed by atoms with Gasteiger partial charge in [0.25, 0.3) is 0 Å². The molecule has 0 aliphatic carbocycles. The molecule has 5 rings (SSSR count). The summed E-state index contributed by atoms with van der Waals surface area (Å²) in [7, 11) is 0. The second-order valence-corrected chi connectivity index (χ2v) is 9.39. The quantitative estimate of drug-likeness (QED) is 0.605. The third-order valence-electron chi connectivity index (χ3n) is 6.66. The van der Waals surface area contributed by atoms with Crippen molar-refractivity contribution < 1.29 is 18.3 Å². The van der Waals surface area contributed by atoms with Gasteiger partial charge in [-0.05, 0) is 56.5 Å². The Morgan fingerprint density at radius 3 is 2.56 bits per heavy atom. The fraction of sp³-hybridized carbons (Fsp3) is 0.462. The minimum Gasteiger partial charge on any atom is -0.440 e. The third kappa shape index (κ3) is 4.87. The fourth-order valence-electron chi connectivity index (χ4n) is 4.98. The standard InChI is InChI=1S/C26H31FN4O3/c1-17-15-31(16-18(2)33-17)23-8-7-19(13-21(23)27)14-28-26(32)30-11-9-20(10-12-30)25-29-22-5-3-4-6-24(22)34-25/h3-8,13,17-18,20H,9-12,14-16H2,1-2H3,(H,28,32). The van der Waals surface area contributed by atoms with E-state index in [0.29, 0.717) is 31.9 Å². The number of oxazole rings is 1. The number of hydrogen-bond acceptors (Lipinski definition) is 5. The summed E-state index contributed by atoms with van der Waals surface area (Å²) < 4.78 is 26.5. The van der Waals surface area contributed by atoms with Crippen LogP contribution < -0.4 is 10.2 Å². The number of carbonyl (C=O) groups is 1. The first-order valence-corrected chi connectivity index (χ1v) is 12.0. The van der Waals surface area contributed by atoms with Crippen molar-refractivity contribution in [2.24, 2.45) is 0 Å². The average molecular weight is 467 g/mol. The van der Waals surface area contributed by atoms with Crippen LogP contribution >= 0.6 is 0 Å². The van der Waals surface area contributed by atoms with Crippen LogP contribution in [0.1, 0.15) is 44.1 Å². The van der Waals surface area contributed by atoms with Crippen LogP contribution in [0.15, 0.2) is 46.9 Å². The van der Waals surface area contributed by atoms with E-state index in [-0.39, 0.29) is 36.5 Å². The van der Waals surface area contributed by atoms with E-state index in [4.69, 9.17) is 9.15 Å². The molecule has 3 heterocycles. The monoisotopic (exact) mass is 466 g/mol. The number of anilines is 1. The lowest BCUT2D eigenvalue weighted by Crippen LogP contribution is -2.45. The number of amides is 2. The summed E-state index contributed by atoms with van der Waals surface area (Å²) in [5.41, 5.74) is 2.99. The van der Waals surface area contributed by atoms with Gasteiger partial charge in [-0.15, -0.1) is 0 Å². The van der Waals surface area contributed by atoms with Gasteiger partial charge in [0.15, 0.2) is 11.5 Å². The number of halogens is 1. The van der Waals surface area contributed by atoms with Gasteiger partial charge in [-0.1, -0.05) is 18.2 Å². The van der Waals surface area contributed by atoms with Crippen LogP contribution in [0.4, 0.5) is 14.9 Å². The predicted molar refractivity (Wildman–Crippen MR) is 128 cm³/mol. The van der Waals surface area contributed by atoms with Crippen LogP contribution in [0.3, 0.4) is 0 Å². The lowest BCUT2D eigenvalue weighted by Gasteiger charge is -2.37. The van der Waals surface area contributed by atoms with E-state index in [1.54, 1.807) is 11.0 Å². The summed E-state index contributed by atoms with van der Waals surface area (Å²) >= 11 is 0. The highest BCUT2D eigenvalue weighted by Gasteiger charge is 2.27. The molecule has 2 unspecified atom stereocenters. The van der Waals surface area contributed by atoms with Crippen molar-refractivity contribution in [3.8, 4) is 0 Å². The van der Waals surface area contributed by atoms with Crippen LogP contribution in [0.2, 0.25) is 0 Å². The number of carbonyl (C=O) groups excluding carboxylic acids is 1. The van der Waals surface area contributed by atoms with E-state index in [0.717, 1.165) is 35.4 Å². The molecular formula is C26H31FN4O3. The van der Waals surface area contributed by atoms with Crippen molar-refractivity contribution >= 4 is 22.8 Å². The van der Waals surface area contributed by atoms with Crippen molar-refractivity contribution in [3.63, 3.8) is 0 Å². The first kappa shape index (κ1) is 22.7. The normalized spacial score (nSPS) is 21.7. The van der Waals surface area contributed by atoms with Gasteiger partial charge in [-0.25, -0.2) is 14.2 Å². The second kappa shape index (κ2) is 9.62. The molecule has 8 heteroatoms. The number of nitrogens with zero attached hydrogens (tertiary/aromatic N) is 3. The lowest BCUT2D eigenvalue weighted by molar-refractivity contribution is -0.00539. The lowest BCUT2D eigenvalue weighted by atomic mass is 9.97. The molecule has 180 valence electrons. The number of morpholine rings is 1.